The number of carbonyl (C=O) groups excluding carboxylic acids is 1. The van der Waals surface area contributed by atoms with Crippen LogP contribution in [0.15, 0.2) is 24.5 Å². The van der Waals surface area contributed by atoms with E-state index in [1.807, 2.05) is 35.9 Å². The Morgan fingerprint density at radius 3 is 3.17 bits per heavy atom. The fourth-order valence-corrected chi connectivity index (χ4v) is 1.76. The van der Waals surface area contributed by atoms with Crippen LogP contribution in [0.2, 0.25) is 0 Å². The average Bonchev–Trinajstić information content (AvgIpc) is 2.70. The van der Waals surface area contributed by atoms with Gasteiger partial charge in [-0.2, -0.15) is 0 Å². The lowest BCUT2D eigenvalue weighted by molar-refractivity contribution is -0.120. The highest BCUT2D eigenvalue weighted by Crippen LogP contribution is 2.08. The van der Waals surface area contributed by atoms with E-state index in [2.05, 4.69) is 10.3 Å². The third kappa shape index (κ3) is 3.07. The number of aliphatic hydroxyl groups is 1. The van der Waals surface area contributed by atoms with Gasteiger partial charge in [0.15, 0.2) is 0 Å². The molecule has 2 aromatic heterocycles. The molecular weight excluding hydrogens is 230 g/mol. The molecule has 2 aromatic rings. The standard InChI is InChI=1S/C13H17N3O2/c1-10-3-5-16-9-11(15-12(16)7-10)8-13(18)14-4-2-6-17/h3,5,7,9,17H,2,4,6,8H2,1H3,(H,14,18). The third-order valence-electron chi connectivity index (χ3n) is 2.66. The lowest BCUT2D eigenvalue weighted by atomic mass is 10.3. The Bertz CT molecular complexity index is 548. The van der Waals surface area contributed by atoms with Crippen LogP contribution >= 0.6 is 0 Å². The van der Waals surface area contributed by atoms with Gasteiger partial charge in [-0.15, -0.1) is 0 Å². The van der Waals surface area contributed by atoms with E-state index in [1.165, 1.54) is 0 Å². The second-order valence-electron chi connectivity index (χ2n) is 4.31. The quantitative estimate of drug-likeness (QED) is 0.764. The Balaban J connectivity index is 2.01. The summed E-state index contributed by atoms with van der Waals surface area (Å²) in [6, 6.07) is 3.98. The summed E-state index contributed by atoms with van der Waals surface area (Å²) in [6.07, 6.45) is 4.65. The largest absolute Gasteiger partial charge is 0.396 e. The van der Waals surface area contributed by atoms with E-state index in [9.17, 15) is 4.79 Å². The first-order valence-electron chi connectivity index (χ1n) is 6.01. The van der Waals surface area contributed by atoms with Crippen molar-refractivity contribution >= 4 is 11.6 Å². The number of hydrogen-bond donors (Lipinski definition) is 2. The van der Waals surface area contributed by atoms with Crippen molar-refractivity contribution in [3.8, 4) is 0 Å². The third-order valence-corrected chi connectivity index (χ3v) is 2.66. The minimum absolute atomic E-state index is 0.0661. The molecule has 1 amide bonds. The first-order valence-corrected chi connectivity index (χ1v) is 6.01. The molecule has 0 radical (unpaired) electrons. The molecule has 0 atom stereocenters. The van der Waals surface area contributed by atoms with Gasteiger partial charge < -0.3 is 14.8 Å². The molecule has 0 spiro atoms. The van der Waals surface area contributed by atoms with Gasteiger partial charge in [0.2, 0.25) is 5.91 Å². The number of carbonyl (C=O) groups is 1. The summed E-state index contributed by atoms with van der Waals surface area (Å²) >= 11 is 0. The minimum Gasteiger partial charge on any atom is -0.396 e. The molecule has 0 unspecified atom stereocenters. The van der Waals surface area contributed by atoms with Gasteiger partial charge in [-0.3, -0.25) is 4.79 Å². The molecular formula is C13H17N3O2. The first kappa shape index (κ1) is 12.6. The van der Waals surface area contributed by atoms with E-state index >= 15 is 0 Å². The van der Waals surface area contributed by atoms with Gasteiger partial charge in [-0.25, -0.2) is 4.98 Å². The Kier molecular flexibility index (Phi) is 3.94. The predicted molar refractivity (Wildman–Crippen MR) is 68.3 cm³/mol. The van der Waals surface area contributed by atoms with E-state index in [4.69, 9.17) is 5.11 Å². The van der Waals surface area contributed by atoms with Crippen molar-refractivity contribution in [1.82, 2.24) is 14.7 Å². The van der Waals surface area contributed by atoms with Crippen LogP contribution in [0.5, 0.6) is 0 Å². The molecule has 0 aliphatic rings. The Morgan fingerprint density at radius 2 is 2.39 bits per heavy atom. The maximum Gasteiger partial charge on any atom is 0.226 e. The summed E-state index contributed by atoms with van der Waals surface area (Å²) in [5.41, 5.74) is 2.75. The first-order chi connectivity index (χ1) is 8.69. The number of pyridine rings is 1. The molecule has 2 N–H and O–H groups in total. The number of nitrogens with zero attached hydrogens (tertiary/aromatic N) is 2. The molecule has 18 heavy (non-hydrogen) atoms. The number of aliphatic hydroxyl groups excluding tert-OH is 1. The fraction of sp³-hybridized carbons (Fsp3) is 0.385. The zero-order valence-corrected chi connectivity index (χ0v) is 10.4. The zero-order chi connectivity index (χ0) is 13.0. The van der Waals surface area contributed by atoms with E-state index < -0.39 is 0 Å². The number of aryl methyl sites for hydroxylation is 1. The summed E-state index contributed by atoms with van der Waals surface area (Å²) in [7, 11) is 0. The van der Waals surface area contributed by atoms with Crippen molar-refractivity contribution in [1.29, 1.82) is 0 Å². The SMILES string of the molecule is Cc1ccn2cc(CC(=O)NCCCO)nc2c1. The molecule has 0 fully saturated rings. The van der Waals surface area contributed by atoms with Gasteiger partial charge in [-0.05, 0) is 31.0 Å². The molecule has 2 heterocycles. The summed E-state index contributed by atoms with van der Waals surface area (Å²) in [5, 5.41) is 11.4. The highest BCUT2D eigenvalue weighted by atomic mass is 16.3. The highest BCUT2D eigenvalue weighted by molar-refractivity contribution is 5.78. The molecule has 5 nitrogen and oxygen atoms in total. The second kappa shape index (κ2) is 5.64. The zero-order valence-electron chi connectivity index (χ0n) is 10.4. The summed E-state index contributed by atoms with van der Waals surface area (Å²) in [6.45, 7) is 2.60. The van der Waals surface area contributed by atoms with E-state index in [1.54, 1.807) is 0 Å². The van der Waals surface area contributed by atoms with Crippen LogP contribution in [-0.2, 0) is 11.2 Å². The van der Waals surface area contributed by atoms with Crippen molar-refractivity contribution in [2.45, 2.75) is 19.8 Å². The van der Waals surface area contributed by atoms with Gasteiger partial charge in [0.1, 0.15) is 5.65 Å². The Labute approximate surface area is 105 Å². The second-order valence-corrected chi connectivity index (χ2v) is 4.31. The van der Waals surface area contributed by atoms with E-state index in [0.717, 1.165) is 16.9 Å². The summed E-state index contributed by atoms with van der Waals surface area (Å²) in [4.78, 5) is 16.0. The molecule has 2 rings (SSSR count). The number of amides is 1. The fourth-order valence-electron chi connectivity index (χ4n) is 1.76. The van der Waals surface area contributed by atoms with Gasteiger partial charge >= 0.3 is 0 Å². The molecule has 0 saturated heterocycles. The highest BCUT2D eigenvalue weighted by Gasteiger charge is 2.07. The van der Waals surface area contributed by atoms with Crippen LogP contribution < -0.4 is 5.32 Å². The molecule has 0 aliphatic carbocycles. The lowest BCUT2D eigenvalue weighted by Crippen LogP contribution is -2.26. The maximum absolute atomic E-state index is 11.6. The van der Waals surface area contributed by atoms with Gasteiger partial charge in [0, 0.05) is 25.5 Å². The van der Waals surface area contributed by atoms with Crippen molar-refractivity contribution in [3.63, 3.8) is 0 Å². The number of hydrogen-bond acceptors (Lipinski definition) is 3. The van der Waals surface area contributed by atoms with Crippen molar-refractivity contribution in [2.75, 3.05) is 13.2 Å². The lowest BCUT2D eigenvalue weighted by Gasteiger charge is -2.01. The van der Waals surface area contributed by atoms with Crippen LogP contribution in [0.1, 0.15) is 17.7 Å². The monoisotopic (exact) mass is 247 g/mol. The average molecular weight is 247 g/mol. The van der Waals surface area contributed by atoms with Crippen LogP contribution in [-0.4, -0.2) is 33.6 Å². The number of imidazole rings is 1. The number of aromatic nitrogens is 2. The van der Waals surface area contributed by atoms with E-state index in [0.29, 0.717) is 13.0 Å². The molecule has 0 aromatic carbocycles. The van der Waals surface area contributed by atoms with Crippen LogP contribution in [0, 0.1) is 6.92 Å². The normalized spacial score (nSPS) is 10.8. The Morgan fingerprint density at radius 1 is 1.56 bits per heavy atom. The topological polar surface area (TPSA) is 66.6 Å². The van der Waals surface area contributed by atoms with E-state index in [-0.39, 0.29) is 18.9 Å². The van der Waals surface area contributed by atoms with Crippen molar-refractivity contribution in [3.05, 3.63) is 35.8 Å². The van der Waals surface area contributed by atoms with Gasteiger partial charge in [0.05, 0.1) is 12.1 Å². The number of rotatable bonds is 5. The maximum atomic E-state index is 11.6. The van der Waals surface area contributed by atoms with Crippen molar-refractivity contribution < 1.29 is 9.90 Å². The van der Waals surface area contributed by atoms with Crippen LogP contribution in [0.25, 0.3) is 5.65 Å². The summed E-state index contributed by atoms with van der Waals surface area (Å²) in [5.74, 6) is -0.0661. The number of nitrogens with one attached hydrogen (secondary N) is 1. The van der Waals surface area contributed by atoms with Crippen LogP contribution in [0.4, 0.5) is 0 Å². The summed E-state index contributed by atoms with van der Waals surface area (Å²) < 4.78 is 1.91. The predicted octanol–water partition coefficient (Wildman–Crippen LogP) is 0.684. The van der Waals surface area contributed by atoms with Gasteiger partial charge in [-0.1, -0.05) is 0 Å². The minimum atomic E-state index is -0.0661. The molecule has 0 bridgehead atoms. The van der Waals surface area contributed by atoms with Crippen LogP contribution in [0.3, 0.4) is 0 Å². The molecule has 96 valence electrons. The smallest absolute Gasteiger partial charge is 0.226 e. The van der Waals surface area contributed by atoms with Gasteiger partial charge in [0.25, 0.3) is 0 Å². The molecule has 5 heteroatoms. The number of fused-ring (bicyclic) bond motifs is 1. The van der Waals surface area contributed by atoms with Crippen molar-refractivity contribution in [2.24, 2.45) is 0 Å². The molecule has 0 saturated carbocycles. The Hall–Kier alpha value is -1.88. The molecule has 0 aliphatic heterocycles.